The Morgan fingerprint density at radius 1 is 1.52 bits per heavy atom. The van der Waals surface area contributed by atoms with Gasteiger partial charge in [-0.25, -0.2) is 8.42 Å². The molecule has 1 aliphatic heterocycles. The molecule has 0 bridgehead atoms. The van der Waals surface area contributed by atoms with Crippen LogP contribution in [0.4, 0.5) is 5.69 Å². The zero-order chi connectivity index (χ0) is 15.6. The zero-order valence-corrected chi connectivity index (χ0v) is 12.8. The molecule has 1 fully saturated rings. The third-order valence-corrected chi connectivity index (χ3v) is 4.68. The minimum absolute atomic E-state index is 0.0356. The van der Waals surface area contributed by atoms with Gasteiger partial charge in [-0.15, -0.1) is 0 Å². The van der Waals surface area contributed by atoms with Crippen LogP contribution in [-0.4, -0.2) is 33.2 Å². The summed E-state index contributed by atoms with van der Waals surface area (Å²) >= 11 is 0. The van der Waals surface area contributed by atoms with Gasteiger partial charge in [0.05, 0.1) is 23.0 Å². The Balaban J connectivity index is 2.31. The second-order valence-electron chi connectivity index (χ2n) is 4.82. The Labute approximate surface area is 126 Å². The standard InChI is InChI=1S/C12H14ClNO6S/c1-8-4-11(20-7-9-2-3-19-6-9)10(14(15)16)5-12(8)21(13,17)18/h4-5,9H,2-3,6-7H2,1H3. The molecule has 1 unspecified atom stereocenters. The molecule has 0 N–H and O–H groups in total. The summed E-state index contributed by atoms with van der Waals surface area (Å²) in [4.78, 5) is 10.1. The van der Waals surface area contributed by atoms with Crippen molar-refractivity contribution in [3.05, 3.63) is 27.8 Å². The fourth-order valence-electron chi connectivity index (χ4n) is 2.09. The minimum atomic E-state index is -4.04. The molecule has 0 aliphatic carbocycles. The van der Waals surface area contributed by atoms with E-state index in [1.54, 1.807) is 0 Å². The molecule has 0 saturated carbocycles. The van der Waals surface area contributed by atoms with Crippen LogP contribution in [0.1, 0.15) is 12.0 Å². The molecular weight excluding hydrogens is 322 g/mol. The van der Waals surface area contributed by atoms with Crippen molar-refractivity contribution in [3.8, 4) is 5.75 Å². The average molecular weight is 336 g/mol. The molecular formula is C12H14ClNO6S. The van der Waals surface area contributed by atoms with E-state index in [0.29, 0.717) is 18.8 Å². The molecule has 9 heteroatoms. The lowest BCUT2D eigenvalue weighted by Gasteiger charge is -2.12. The van der Waals surface area contributed by atoms with E-state index in [0.717, 1.165) is 12.5 Å². The lowest BCUT2D eigenvalue weighted by atomic mass is 10.1. The minimum Gasteiger partial charge on any atom is -0.486 e. The topological polar surface area (TPSA) is 95.7 Å². The number of nitro benzene ring substituents is 1. The summed E-state index contributed by atoms with van der Waals surface area (Å²) in [6.07, 6.45) is 0.834. The number of aryl methyl sites for hydroxylation is 1. The number of rotatable bonds is 5. The molecule has 1 aromatic rings. The van der Waals surface area contributed by atoms with Gasteiger partial charge in [-0.3, -0.25) is 10.1 Å². The second kappa shape index (κ2) is 6.17. The van der Waals surface area contributed by atoms with E-state index in [-0.39, 0.29) is 23.2 Å². The molecule has 116 valence electrons. The van der Waals surface area contributed by atoms with Gasteiger partial charge >= 0.3 is 5.69 Å². The molecule has 21 heavy (non-hydrogen) atoms. The number of nitrogens with zero attached hydrogens (tertiary/aromatic N) is 1. The number of ether oxygens (including phenoxy) is 2. The van der Waals surface area contributed by atoms with Crippen LogP contribution >= 0.6 is 10.7 Å². The summed E-state index contributed by atoms with van der Waals surface area (Å²) in [6.45, 7) is 3.00. The maximum absolute atomic E-state index is 11.4. The fraction of sp³-hybridized carbons (Fsp3) is 0.500. The SMILES string of the molecule is Cc1cc(OCC2CCOC2)c([N+](=O)[O-])cc1S(=O)(=O)Cl. The summed E-state index contributed by atoms with van der Waals surface area (Å²) in [5.41, 5.74) is -0.119. The van der Waals surface area contributed by atoms with Gasteiger partial charge in [-0.2, -0.15) is 0 Å². The Bertz CT molecular complexity index is 654. The first kappa shape index (κ1) is 16.0. The first-order valence-corrected chi connectivity index (χ1v) is 8.54. The maximum atomic E-state index is 11.4. The highest BCUT2D eigenvalue weighted by molar-refractivity contribution is 8.13. The summed E-state index contributed by atoms with van der Waals surface area (Å²) in [5.74, 6) is 0.217. The number of hydrogen-bond acceptors (Lipinski definition) is 6. The first-order chi connectivity index (χ1) is 9.79. The van der Waals surface area contributed by atoms with Gasteiger partial charge in [0, 0.05) is 29.3 Å². The lowest BCUT2D eigenvalue weighted by Crippen LogP contribution is -2.12. The van der Waals surface area contributed by atoms with Crippen molar-refractivity contribution in [2.75, 3.05) is 19.8 Å². The predicted molar refractivity (Wildman–Crippen MR) is 75.3 cm³/mol. The third kappa shape index (κ3) is 3.84. The summed E-state index contributed by atoms with van der Waals surface area (Å²) in [6, 6.07) is 2.25. The molecule has 1 atom stereocenters. The van der Waals surface area contributed by atoms with Gasteiger partial charge < -0.3 is 9.47 Å². The van der Waals surface area contributed by atoms with E-state index in [1.165, 1.54) is 13.0 Å². The van der Waals surface area contributed by atoms with Crippen molar-refractivity contribution in [3.63, 3.8) is 0 Å². The second-order valence-corrected chi connectivity index (χ2v) is 7.36. The average Bonchev–Trinajstić information content (AvgIpc) is 2.87. The predicted octanol–water partition coefficient (Wildman–Crippen LogP) is 2.25. The first-order valence-electron chi connectivity index (χ1n) is 6.23. The summed E-state index contributed by atoms with van der Waals surface area (Å²) in [5, 5.41) is 11.1. The van der Waals surface area contributed by atoms with Gasteiger partial charge in [0.1, 0.15) is 0 Å². The van der Waals surface area contributed by atoms with E-state index in [2.05, 4.69) is 0 Å². The number of nitro groups is 1. The van der Waals surface area contributed by atoms with Crippen LogP contribution in [-0.2, 0) is 13.8 Å². The van der Waals surface area contributed by atoms with Crippen molar-refractivity contribution < 1.29 is 22.8 Å². The van der Waals surface area contributed by atoms with Gasteiger partial charge in [0.25, 0.3) is 9.05 Å². The quantitative estimate of drug-likeness (QED) is 0.465. The Kier molecular flexibility index (Phi) is 4.70. The molecule has 2 rings (SSSR count). The van der Waals surface area contributed by atoms with Crippen LogP contribution < -0.4 is 4.74 Å². The highest BCUT2D eigenvalue weighted by atomic mass is 35.7. The molecule has 0 aromatic heterocycles. The summed E-state index contributed by atoms with van der Waals surface area (Å²) < 4.78 is 33.5. The molecule has 1 heterocycles. The monoisotopic (exact) mass is 335 g/mol. The van der Waals surface area contributed by atoms with Crippen LogP contribution in [0.5, 0.6) is 5.75 Å². The maximum Gasteiger partial charge on any atom is 0.312 e. The number of benzene rings is 1. The van der Waals surface area contributed by atoms with Crippen LogP contribution in [0.15, 0.2) is 17.0 Å². The van der Waals surface area contributed by atoms with Gasteiger partial charge in [-0.05, 0) is 25.0 Å². The Morgan fingerprint density at radius 3 is 2.76 bits per heavy atom. The third-order valence-electron chi connectivity index (χ3n) is 3.21. The normalized spacial score (nSPS) is 18.7. The smallest absolute Gasteiger partial charge is 0.312 e. The Hall–Kier alpha value is -1.38. The largest absolute Gasteiger partial charge is 0.486 e. The van der Waals surface area contributed by atoms with Gasteiger partial charge in [0.2, 0.25) is 0 Å². The van der Waals surface area contributed by atoms with E-state index < -0.39 is 19.7 Å². The molecule has 0 spiro atoms. The molecule has 7 nitrogen and oxygen atoms in total. The van der Waals surface area contributed by atoms with Crippen molar-refractivity contribution in [1.29, 1.82) is 0 Å². The van der Waals surface area contributed by atoms with Crippen molar-refractivity contribution in [1.82, 2.24) is 0 Å². The number of hydrogen-bond donors (Lipinski definition) is 0. The highest BCUT2D eigenvalue weighted by Crippen LogP contribution is 2.34. The van der Waals surface area contributed by atoms with Crippen LogP contribution in [0.3, 0.4) is 0 Å². The van der Waals surface area contributed by atoms with E-state index >= 15 is 0 Å². The fourth-order valence-corrected chi connectivity index (χ4v) is 3.29. The van der Waals surface area contributed by atoms with E-state index in [1.807, 2.05) is 0 Å². The van der Waals surface area contributed by atoms with E-state index in [9.17, 15) is 18.5 Å². The zero-order valence-electron chi connectivity index (χ0n) is 11.2. The van der Waals surface area contributed by atoms with Crippen molar-refractivity contribution in [2.45, 2.75) is 18.2 Å². The Morgan fingerprint density at radius 2 is 2.24 bits per heavy atom. The molecule has 0 amide bonds. The molecule has 1 aromatic carbocycles. The summed E-state index contributed by atoms with van der Waals surface area (Å²) in [7, 11) is 1.22. The molecule has 1 saturated heterocycles. The lowest BCUT2D eigenvalue weighted by molar-refractivity contribution is -0.386. The van der Waals surface area contributed by atoms with Crippen LogP contribution in [0, 0.1) is 23.0 Å². The molecule has 0 radical (unpaired) electrons. The number of halogens is 1. The van der Waals surface area contributed by atoms with Crippen molar-refractivity contribution >= 4 is 25.4 Å². The van der Waals surface area contributed by atoms with Crippen LogP contribution in [0.25, 0.3) is 0 Å². The van der Waals surface area contributed by atoms with Gasteiger partial charge in [-0.1, -0.05) is 0 Å². The molecule has 1 aliphatic rings. The van der Waals surface area contributed by atoms with Crippen LogP contribution in [0.2, 0.25) is 0 Å². The van der Waals surface area contributed by atoms with Gasteiger partial charge in [0.15, 0.2) is 5.75 Å². The highest BCUT2D eigenvalue weighted by Gasteiger charge is 2.25. The van der Waals surface area contributed by atoms with E-state index in [4.69, 9.17) is 20.2 Å². The van der Waals surface area contributed by atoms with Crippen molar-refractivity contribution in [2.24, 2.45) is 5.92 Å².